The van der Waals surface area contributed by atoms with Crippen LogP contribution < -0.4 is 10.1 Å². The van der Waals surface area contributed by atoms with Gasteiger partial charge in [-0.2, -0.15) is 0 Å². The lowest BCUT2D eigenvalue weighted by atomic mass is 10.1. The SMILES string of the molecule is COc1ccc(Br)c(C(=O)Nc2cccc(-c3nc4ncccn4c3C)c2)c1. The van der Waals surface area contributed by atoms with Crippen molar-refractivity contribution in [3.05, 3.63) is 76.7 Å². The second-order valence-corrected chi connectivity index (χ2v) is 7.07. The standard InChI is InChI=1S/C21H17BrN4O2/c1-13-19(25-21-23-9-4-10-26(13)21)14-5-3-6-15(11-14)24-20(27)17-12-16(28-2)7-8-18(17)22/h3-12H,1-2H3,(H,24,27). The fourth-order valence-corrected chi connectivity index (χ4v) is 3.45. The number of rotatable bonds is 4. The summed E-state index contributed by atoms with van der Waals surface area (Å²) < 4.78 is 7.85. The number of fused-ring (bicyclic) bond motifs is 1. The molecule has 2 aromatic heterocycles. The number of aromatic nitrogens is 3. The first-order valence-electron chi connectivity index (χ1n) is 8.62. The Balaban J connectivity index is 1.66. The molecule has 2 heterocycles. The smallest absolute Gasteiger partial charge is 0.256 e. The van der Waals surface area contributed by atoms with Crippen molar-refractivity contribution in [3.63, 3.8) is 0 Å². The molecule has 1 amide bonds. The van der Waals surface area contributed by atoms with Crippen molar-refractivity contribution in [2.24, 2.45) is 0 Å². The largest absolute Gasteiger partial charge is 0.497 e. The number of ether oxygens (including phenoxy) is 1. The minimum Gasteiger partial charge on any atom is -0.497 e. The highest BCUT2D eigenvalue weighted by atomic mass is 79.9. The Morgan fingerprint density at radius 1 is 1.18 bits per heavy atom. The number of benzene rings is 2. The van der Waals surface area contributed by atoms with Crippen LogP contribution in [0, 0.1) is 6.92 Å². The van der Waals surface area contributed by atoms with Crippen molar-refractivity contribution in [1.82, 2.24) is 14.4 Å². The molecule has 28 heavy (non-hydrogen) atoms. The highest BCUT2D eigenvalue weighted by Gasteiger charge is 2.14. The lowest BCUT2D eigenvalue weighted by Crippen LogP contribution is -2.12. The Labute approximate surface area is 170 Å². The van der Waals surface area contributed by atoms with E-state index in [0.717, 1.165) is 17.0 Å². The summed E-state index contributed by atoms with van der Waals surface area (Å²) in [5.74, 6) is 1.04. The minimum atomic E-state index is -0.226. The maximum atomic E-state index is 12.7. The van der Waals surface area contributed by atoms with E-state index in [1.807, 2.05) is 47.9 Å². The van der Waals surface area contributed by atoms with Crippen LogP contribution in [0.15, 0.2) is 65.4 Å². The molecule has 4 rings (SSSR count). The molecule has 0 aliphatic heterocycles. The van der Waals surface area contributed by atoms with Gasteiger partial charge in [0.1, 0.15) is 5.75 Å². The molecule has 6 nitrogen and oxygen atoms in total. The van der Waals surface area contributed by atoms with Gasteiger partial charge in [-0.3, -0.25) is 9.20 Å². The van der Waals surface area contributed by atoms with Crippen LogP contribution in [0.2, 0.25) is 0 Å². The molecule has 0 unspecified atom stereocenters. The maximum absolute atomic E-state index is 12.7. The Hall–Kier alpha value is -3.19. The summed E-state index contributed by atoms with van der Waals surface area (Å²) in [6.07, 6.45) is 3.65. The highest BCUT2D eigenvalue weighted by molar-refractivity contribution is 9.10. The highest BCUT2D eigenvalue weighted by Crippen LogP contribution is 2.27. The summed E-state index contributed by atoms with van der Waals surface area (Å²) in [5, 5.41) is 2.94. The molecule has 0 fully saturated rings. The van der Waals surface area contributed by atoms with E-state index in [2.05, 4.69) is 31.2 Å². The van der Waals surface area contributed by atoms with Gasteiger partial charge in [-0.1, -0.05) is 12.1 Å². The van der Waals surface area contributed by atoms with Gasteiger partial charge in [0.2, 0.25) is 5.78 Å². The van der Waals surface area contributed by atoms with Crippen LogP contribution >= 0.6 is 15.9 Å². The van der Waals surface area contributed by atoms with Crippen molar-refractivity contribution in [2.45, 2.75) is 6.92 Å². The number of hydrogen-bond donors (Lipinski definition) is 1. The predicted molar refractivity (Wildman–Crippen MR) is 112 cm³/mol. The lowest BCUT2D eigenvalue weighted by Gasteiger charge is -2.10. The van der Waals surface area contributed by atoms with E-state index >= 15 is 0 Å². The van der Waals surface area contributed by atoms with Gasteiger partial charge in [-0.05, 0) is 59.3 Å². The van der Waals surface area contributed by atoms with E-state index in [0.29, 0.717) is 27.3 Å². The minimum absolute atomic E-state index is 0.226. The van der Waals surface area contributed by atoms with Crippen LogP contribution in [-0.2, 0) is 0 Å². The summed E-state index contributed by atoms with van der Waals surface area (Å²) >= 11 is 3.42. The first kappa shape index (κ1) is 18.2. The van der Waals surface area contributed by atoms with E-state index < -0.39 is 0 Å². The van der Waals surface area contributed by atoms with Crippen LogP contribution in [0.5, 0.6) is 5.75 Å². The number of nitrogens with one attached hydrogen (secondary N) is 1. The Bertz CT molecular complexity index is 1190. The van der Waals surface area contributed by atoms with Crippen LogP contribution in [0.3, 0.4) is 0 Å². The van der Waals surface area contributed by atoms with Gasteiger partial charge in [0.25, 0.3) is 5.91 Å². The normalized spacial score (nSPS) is 10.8. The van der Waals surface area contributed by atoms with Gasteiger partial charge in [0.05, 0.1) is 18.4 Å². The molecule has 1 N–H and O–H groups in total. The fraction of sp³-hybridized carbons (Fsp3) is 0.0952. The Morgan fingerprint density at radius 3 is 2.82 bits per heavy atom. The van der Waals surface area contributed by atoms with E-state index in [-0.39, 0.29) is 5.91 Å². The quantitative estimate of drug-likeness (QED) is 0.502. The number of imidazole rings is 1. The van der Waals surface area contributed by atoms with Crippen molar-refractivity contribution in [1.29, 1.82) is 0 Å². The van der Waals surface area contributed by atoms with Crippen molar-refractivity contribution < 1.29 is 9.53 Å². The van der Waals surface area contributed by atoms with Crippen LogP contribution in [0.4, 0.5) is 5.69 Å². The molecule has 4 aromatic rings. The summed E-state index contributed by atoms with van der Waals surface area (Å²) in [6, 6.07) is 14.8. The molecule has 0 aliphatic carbocycles. The maximum Gasteiger partial charge on any atom is 0.256 e. The van der Waals surface area contributed by atoms with Crippen molar-refractivity contribution in [2.75, 3.05) is 12.4 Å². The first-order chi connectivity index (χ1) is 13.6. The lowest BCUT2D eigenvalue weighted by molar-refractivity contribution is 0.102. The number of carbonyl (C=O) groups excluding carboxylic acids is 1. The van der Waals surface area contributed by atoms with E-state index in [4.69, 9.17) is 4.74 Å². The summed E-state index contributed by atoms with van der Waals surface area (Å²) in [4.78, 5) is 21.6. The van der Waals surface area contributed by atoms with E-state index in [1.54, 1.807) is 31.5 Å². The molecule has 0 bridgehead atoms. The molecule has 0 radical (unpaired) electrons. The molecular weight excluding hydrogens is 420 g/mol. The Morgan fingerprint density at radius 2 is 2.04 bits per heavy atom. The van der Waals surface area contributed by atoms with Gasteiger partial charge in [-0.25, -0.2) is 9.97 Å². The van der Waals surface area contributed by atoms with Gasteiger partial charge in [-0.15, -0.1) is 0 Å². The molecular formula is C21H17BrN4O2. The van der Waals surface area contributed by atoms with E-state index in [9.17, 15) is 4.79 Å². The first-order valence-corrected chi connectivity index (χ1v) is 9.41. The topological polar surface area (TPSA) is 68.5 Å². The number of carbonyl (C=O) groups is 1. The van der Waals surface area contributed by atoms with Crippen molar-refractivity contribution in [3.8, 4) is 17.0 Å². The zero-order valence-electron chi connectivity index (χ0n) is 15.3. The number of nitrogens with zero attached hydrogens (tertiary/aromatic N) is 3. The van der Waals surface area contributed by atoms with Gasteiger partial charge >= 0.3 is 0 Å². The number of methoxy groups -OCH3 is 1. The molecule has 2 aromatic carbocycles. The molecule has 0 aliphatic rings. The molecule has 7 heteroatoms. The molecule has 0 spiro atoms. The number of amides is 1. The second-order valence-electron chi connectivity index (χ2n) is 6.22. The molecule has 0 saturated heterocycles. The summed E-state index contributed by atoms with van der Waals surface area (Å²) in [7, 11) is 1.57. The molecule has 0 atom stereocenters. The second kappa shape index (κ2) is 7.44. The summed E-state index contributed by atoms with van der Waals surface area (Å²) in [6.45, 7) is 2.00. The number of anilines is 1. The molecule has 0 saturated carbocycles. The summed E-state index contributed by atoms with van der Waals surface area (Å²) in [5.41, 5.74) is 3.91. The predicted octanol–water partition coefficient (Wildman–Crippen LogP) is 4.73. The van der Waals surface area contributed by atoms with Crippen LogP contribution in [0.25, 0.3) is 17.0 Å². The van der Waals surface area contributed by atoms with Crippen LogP contribution in [0.1, 0.15) is 16.1 Å². The molecule has 140 valence electrons. The van der Waals surface area contributed by atoms with Crippen molar-refractivity contribution >= 4 is 33.3 Å². The third kappa shape index (κ3) is 3.36. The zero-order chi connectivity index (χ0) is 19.7. The number of halogens is 1. The average molecular weight is 437 g/mol. The fourth-order valence-electron chi connectivity index (χ4n) is 3.02. The Kier molecular flexibility index (Phi) is 4.83. The van der Waals surface area contributed by atoms with Gasteiger partial charge < -0.3 is 10.1 Å². The van der Waals surface area contributed by atoms with E-state index in [1.165, 1.54) is 0 Å². The zero-order valence-corrected chi connectivity index (χ0v) is 16.9. The third-order valence-corrected chi connectivity index (χ3v) is 5.15. The third-order valence-electron chi connectivity index (χ3n) is 4.45. The number of hydrogen-bond acceptors (Lipinski definition) is 4. The van der Waals surface area contributed by atoms with Gasteiger partial charge in [0, 0.05) is 33.8 Å². The average Bonchev–Trinajstić information content (AvgIpc) is 3.05. The van der Waals surface area contributed by atoms with Crippen LogP contribution in [-0.4, -0.2) is 27.4 Å². The monoisotopic (exact) mass is 436 g/mol. The van der Waals surface area contributed by atoms with Gasteiger partial charge in [0.15, 0.2) is 0 Å². The number of aryl methyl sites for hydroxylation is 1.